The molecule has 1 aliphatic carbocycles. The third-order valence-electron chi connectivity index (χ3n) is 8.51. The minimum absolute atomic E-state index is 0.0135. The van der Waals surface area contributed by atoms with Gasteiger partial charge in [0.05, 0.1) is 17.9 Å². The maximum atomic E-state index is 15.1. The van der Waals surface area contributed by atoms with Gasteiger partial charge in [0, 0.05) is 19.5 Å². The molecule has 1 fully saturated rings. The molecular weight excluding hydrogens is 547 g/mol. The predicted molar refractivity (Wildman–Crippen MR) is 169 cm³/mol. The van der Waals surface area contributed by atoms with E-state index < -0.39 is 6.04 Å². The number of amides is 2. The van der Waals surface area contributed by atoms with E-state index in [1.165, 1.54) is 6.07 Å². The van der Waals surface area contributed by atoms with E-state index in [2.05, 4.69) is 27.1 Å². The lowest BCUT2D eigenvalue weighted by Gasteiger charge is -2.43. The number of carbonyl (C=O) groups is 2. The number of nitrogens with zero attached hydrogens (tertiary/aromatic N) is 4. The third kappa shape index (κ3) is 8.03. The Bertz CT molecular complexity index is 1300. The zero-order chi connectivity index (χ0) is 31.1. The van der Waals surface area contributed by atoms with Gasteiger partial charge in [0.25, 0.3) is 0 Å². The first-order chi connectivity index (χ1) is 20.6. The third-order valence-corrected chi connectivity index (χ3v) is 8.51. The summed E-state index contributed by atoms with van der Waals surface area (Å²) in [7, 11) is 1.76. The molecule has 1 saturated carbocycles. The van der Waals surface area contributed by atoms with Crippen molar-refractivity contribution in [2.75, 3.05) is 22.2 Å². The molecule has 9 nitrogen and oxygen atoms in total. The normalized spacial score (nSPS) is 17.7. The fourth-order valence-electron chi connectivity index (χ4n) is 6.19. The second-order valence-corrected chi connectivity index (χ2v) is 12.3. The number of fused-ring (bicyclic) bond motifs is 1. The second-order valence-electron chi connectivity index (χ2n) is 12.3. The van der Waals surface area contributed by atoms with Gasteiger partial charge in [-0.2, -0.15) is 4.98 Å². The molecule has 2 amide bonds. The number of hydrogen-bond acceptors (Lipinski definition) is 7. The van der Waals surface area contributed by atoms with E-state index in [1.807, 2.05) is 26.8 Å². The summed E-state index contributed by atoms with van der Waals surface area (Å²) in [5.74, 6) is 0.910. The van der Waals surface area contributed by atoms with Gasteiger partial charge in [-0.05, 0) is 68.6 Å². The molecule has 2 heterocycles. The van der Waals surface area contributed by atoms with Crippen molar-refractivity contribution in [2.45, 2.75) is 110 Å². The average molecular weight is 595 g/mol. The first-order valence-corrected chi connectivity index (χ1v) is 15.7. The molecule has 10 heteroatoms. The maximum Gasteiger partial charge on any atom is 0.249 e. The SMILES string of the molecule is C=C(O)C(CC(C)C)NC(=O)CCCCCc1ccc(Nc2ncc3c(n2)N(C2CCCC2)C(CC)C(=O)N3C)c(F)c1. The number of hydrogen-bond donors (Lipinski definition) is 3. The number of benzene rings is 1. The number of carbonyl (C=O) groups excluding carboxylic acids is 2. The summed E-state index contributed by atoms with van der Waals surface area (Å²) < 4.78 is 15.1. The lowest BCUT2D eigenvalue weighted by atomic mass is 10.0. The van der Waals surface area contributed by atoms with Crippen LogP contribution in [0.1, 0.15) is 90.5 Å². The number of aliphatic hydroxyl groups is 1. The monoisotopic (exact) mass is 594 g/mol. The molecule has 3 N–H and O–H groups in total. The number of nitrogens with one attached hydrogen (secondary N) is 2. The van der Waals surface area contributed by atoms with Gasteiger partial charge in [-0.15, -0.1) is 0 Å². The molecule has 2 aromatic rings. The first kappa shape index (κ1) is 32.2. The van der Waals surface area contributed by atoms with E-state index in [1.54, 1.807) is 24.2 Å². The number of unbranched alkanes of at least 4 members (excludes halogenated alkanes) is 2. The zero-order valence-corrected chi connectivity index (χ0v) is 26.0. The average Bonchev–Trinajstić information content (AvgIpc) is 3.50. The van der Waals surface area contributed by atoms with Crippen LogP contribution < -0.4 is 20.4 Å². The van der Waals surface area contributed by atoms with Gasteiger partial charge in [-0.25, -0.2) is 9.37 Å². The van der Waals surface area contributed by atoms with Gasteiger partial charge >= 0.3 is 0 Å². The fourth-order valence-corrected chi connectivity index (χ4v) is 6.19. The Balaban J connectivity index is 1.33. The smallest absolute Gasteiger partial charge is 0.249 e. The number of aliphatic hydroxyl groups excluding tert-OH is 1. The standard InChI is InChI=1S/C33H47FN6O3/c1-6-28-32(43)39(5)29-20-35-33(38-31(29)40(28)24-13-10-11-14-24)37-26-17-16-23(19-25(26)34)12-8-7-9-15-30(42)36-27(22(4)41)18-21(2)3/h16-17,19-21,24,27-28,41H,4,6-15,18H2,1-3,5H3,(H,36,42)(H,35,37,38). The molecule has 2 unspecified atom stereocenters. The minimum Gasteiger partial charge on any atom is -0.511 e. The molecule has 1 aromatic carbocycles. The molecule has 2 aliphatic rings. The van der Waals surface area contributed by atoms with Gasteiger partial charge in [0.15, 0.2) is 5.82 Å². The van der Waals surface area contributed by atoms with Crippen molar-refractivity contribution >= 4 is 35.0 Å². The molecule has 1 aromatic heterocycles. The Morgan fingerprint density at radius 2 is 1.95 bits per heavy atom. The highest BCUT2D eigenvalue weighted by Gasteiger charge is 2.41. The molecule has 2 atom stereocenters. The summed E-state index contributed by atoms with van der Waals surface area (Å²) in [4.78, 5) is 38.4. The second kappa shape index (κ2) is 14.7. The Labute approximate surface area is 255 Å². The van der Waals surface area contributed by atoms with Crippen LogP contribution in [0.2, 0.25) is 0 Å². The van der Waals surface area contributed by atoms with Crippen LogP contribution in [0.3, 0.4) is 0 Å². The topological polar surface area (TPSA) is 111 Å². The van der Waals surface area contributed by atoms with Crippen LogP contribution in [-0.4, -0.2) is 52.1 Å². The summed E-state index contributed by atoms with van der Waals surface area (Å²) in [6, 6.07) is 4.70. The van der Waals surface area contributed by atoms with Crippen molar-refractivity contribution in [1.82, 2.24) is 15.3 Å². The zero-order valence-electron chi connectivity index (χ0n) is 26.0. The van der Waals surface area contributed by atoms with E-state index in [9.17, 15) is 14.7 Å². The Hall–Kier alpha value is -3.69. The highest BCUT2D eigenvalue weighted by Crippen LogP contribution is 2.40. The van der Waals surface area contributed by atoms with Crippen LogP contribution in [0.25, 0.3) is 0 Å². The Morgan fingerprint density at radius 3 is 2.60 bits per heavy atom. The molecular formula is C33H47FN6O3. The van der Waals surface area contributed by atoms with Crippen molar-refractivity contribution in [2.24, 2.45) is 5.92 Å². The molecule has 0 spiro atoms. The molecule has 234 valence electrons. The van der Waals surface area contributed by atoms with Gasteiger partial charge in [-0.1, -0.05) is 52.7 Å². The van der Waals surface area contributed by atoms with E-state index in [4.69, 9.17) is 4.98 Å². The first-order valence-electron chi connectivity index (χ1n) is 15.7. The van der Waals surface area contributed by atoms with Crippen LogP contribution >= 0.6 is 0 Å². The molecule has 1 aliphatic heterocycles. The lowest BCUT2D eigenvalue weighted by molar-refractivity contribution is -0.122. The predicted octanol–water partition coefficient (Wildman–Crippen LogP) is 6.57. The number of rotatable bonds is 14. The summed E-state index contributed by atoms with van der Waals surface area (Å²) in [5, 5.41) is 15.6. The van der Waals surface area contributed by atoms with Gasteiger partial charge in [0.1, 0.15) is 23.3 Å². The van der Waals surface area contributed by atoms with Crippen LogP contribution in [0.4, 0.5) is 27.5 Å². The van der Waals surface area contributed by atoms with Crippen molar-refractivity contribution in [3.8, 4) is 0 Å². The van der Waals surface area contributed by atoms with Crippen molar-refractivity contribution < 1.29 is 19.1 Å². The summed E-state index contributed by atoms with van der Waals surface area (Å²) in [6.45, 7) is 9.66. The quantitative estimate of drug-likeness (QED) is 0.168. The number of aryl methyl sites for hydroxylation is 1. The fraction of sp³-hybridized carbons (Fsp3) is 0.576. The highest BCUT2D eigenvalue weighted by atomic mass is 19.1. The summed E-state index contributed by atoms with van der Waals surface area (Å²) in [6.07, 6.45) is 10.8. The largest absolute Gasteiger partial charge is 0.511 e. The Morgan fingerprint density at radius 1 is 1.21 bits per heavy atom. The molecule has 0 bridgehead atoms. The van der Waals surface area contributed by atoms with Crippen LogP contribution in [0.5, 0.6) is 0 Å². The lowest BCUT2D eigenvalue weighted by Crippen LogP contribution is -2.55. The minimum atomic E-state index is -0.417. The Kier molecular flexibility index (Phi) is 11.0. The van der Waals surface area contributed by atoms with Crippen LogP contribution in [0.15, 0.2) is 36.7 Å². The molecule has 0 radical (unpaired) electrons. The van der Waals surface area contributed by atoms with E-state index >= 15 is 4.39 Å². The van der Waals surface area contributed by atoms with E-state index in [0.29, 0.717) is 55.3 Å². The van der Waals surface area contributed by atoms with E-state index in [0.717, 1.165) is 49.9 Å². The van der Waals surface area contributed by atoms with Crippen molar-refractivity contribution in [3.05, 3.63) is 48.1 Å². The molecule has 4 rings (SSSR count). The summed E-state index contributed by atoms with van der Waals surface area (Å²) in [5.41, 5.74) is 1.85. The number of likely N-dealkylation sites (N-methyl/N-ethyl adjacent to an activating group) is 1. The highest BCUT2D eigenvalue weighted by molar-refractivity contribution is 6.04. The maximum absolute atomic E-state index is 15.1. The van der Waals surface area contributed by atoms with Crippen molar-refractivity contribution in [3.63, 3.8) is 0 Å². The number of anilines is 4. The molecule has 0 saturated heterocycles. The van der Waals surface area contributed by atoms with Crippen LogP contribution in [0, 0.1) is 11.7 Å². The number of aromatic nitrogens is 2. The van der Waals surface area contributed by atoms with Gasteiger partial charge < -0.3 is 25.5 Å². The van der Waals surface area contributed by atoms with Crippen LogP contribution in [-0.2, 0) is 16.0 Å². The van der Waals surface area contributed by atoms with E-state index in [-0.39, 0.29) is 35.5 Å². The van der Waals surface area contributed by atoms with Gasteiger partial charge in [0.2, 0.25) is 17.8 Å². The summed E-state index contributed by atoms with van der Waals surface area (Å²) >= 11 is 0. The van der Waals surface area contributed by atoms with Gasteiger partial charge in [-0.3, -0.25) is 9.59 Å². The van der Waals surface area contributed by atoms with Crippen molar-refractivity contribution in [1.29, 1.82) is 0 Å². The number of halogens is 1. The molecule has 43 heavy (non-hydrogen) atoms.